The standard InChI is InChI=1S/C21H21FN2O3S/c1-4-12-27-19-14(6-5-7-17(19)26-3)13-18-20(25)24(2)21(28-18)23-16-10-8-15(22)9-11-16/h5-11,13H,4,12H2,1-3H3/b18-13+,23-21?. The van der Waals surface area contributed by atoms with Crippen LogP contribution >= 0.6 is 11.8 Å². The van der Waals surface area contributed by atoms with Crippen LogP contribution in [-0.2, 0) is 4.79 Å². The molecular formula is C21H21FN2O3S. The highest BCUT2D eigenvalue weighted by Crippen LogP contribution is 2.37. The van der Waals surface area contributed by atoms with Gasteiger partial charge in [0.25, 0.3) is 5.91 Å². The zero-order valence-corrected chi connectivity index (χ0v) is 16.8. The fourth-order valence-electron chi connectivity index (χ4n) is 2.58. The number of halogens is 1. The molecule has 1 aliphatic heterocycles. The van der Waals surface area contributed by atoms with Crippen LogP contribution in [0.15, 0.2) is 52.4 Å². The number of hydrogen-bond acceptors (Lipinski definition) is 5. The van der Waals surface area contributed by atoms with Gasteiger partial charge in [-0.25, -0.2) is 9.38 Å². The van der Waals surface area contributed by atoms with E-state index in [-0.39, 0.29) is 11.7 Å². The van der Waals surface area contributed by atoms with Crippen molar-refractivity contribution in [2.45, 2.75) is 13.3 Å². The van der Waals surface area contributed by atoms with Gasteiger partial charge in [-0.1, -0.05) is 19.1 Å². The summed E-state index contributed by atoms with van der Waals surface area (Å²) in [6.45, 7) is 2.58. The molecule has 146 valence electrons. The molecule has 0 bridgehead atoms. The zero-order valence-electron chi connectivity index (χ0n) is 15.9. The number of amidine groups is 1. The molecule has 0 unspecified atom stereocenters. The monoisotopic (exact) mass is 400 g/mol. The smallest absolute Gasteiger partial charge is 0.266 e. The number of nitrogens with zero attached hydrogens (tertiary/aromatic N) is 2. The molecule has 1 aliphatic rings. The number of benzene rings is 2. The molecule has 3 rings (SSSR count). The maximum atomic E-state index is 13.1. The molecule has 1 amide bonds. The van der Waals surface area contributed by atoms with Gasteiger partial charge in [-0.2, -0.15) is 0 Å². The van der Waals surface area contributed by atoms with Gasteiger partial charge in [0.15, 0.2) is 16.7 Å². The van der Waals surface area contributed by atoms with Crippen LogP contribution < -0.4 is 9.47 Å². The molecule has 0 N–H and O–H groups in total. The molecule has 0 aromatic heterocycles. The Bertz CT molecular complexity index is 926. The summed E-state index contributed by atoms with van der Waals surface area (Å²) >= 11 is 1.26. The van der Waals surface area contributed by atoms with Gasteiger partial charge in [0, 0.05) is 12.6 Å². The molecule has 1 saturated heterocycles. The largest absolute Gasteiger partial charge is 0.493 e. The molecule has 0 radical (unpaired) electrons. The highest BCUT2D eigenvalue weighted by molar-refractivity contribution is 8.18. The molecule has 5 nitrogen and oxygen atoms in total. The highest BCUT2D eigenvalue weighted by atomic mass is 32.2. The Morgan fingerprint density at radius 3 is 2.64 bits per heavy atom. The lowest BCUT2D eigenvalue weighted by atomic mass is 10.1. The third-order valence-electron chi connectivity index (χ3n) is 4.02. The van der Waals surface area contributed by atoms with Crippen LogP contribution in [0.2, 0.25) is 0 Å². The van der Waals surface area contributed by atoms with E-state index in [9.17, 15) is 9.18 Å². The number of ether oxygens (including phenoxy) is 2. The molecule has 1 heterocycles. The Kier molecular flexibility index (Phi) is 6.36. The van der Waals surface area contributed by atoms with Crippen LogP contribution in [0.25, 0.3) is 6.08 Å². The van der Waals surface area contributed by atoms with E-state index < -0.39 is 0 Å². The van der Waals surface area contributed by atoms with E-state index in [0.29, 0.717) is 33.9 Å². The summed E-state index contributed by atoms with van der Waals surface area (Å²) in [5, 5.41) is 0.529. The lowest BCUT2D eigenvalue weighted by molar-refractivity contribution is -0.121. The average Bonchev–Trinajstić information content (AvgIpc) is 2.96. The highest BCUT2D eigenvalue weighted by Gasteiger charge is 2.30. The van der Waals surface area contributed by atoms with E-state index in [4.69, 9.17) is 9.47 Å². The molecule has 0 saturated carbocycles. The fourth-order valence-corrected chi connectivity index (χ4v) is 3.56. The van der Waals surface area contributed by atoms with Crippen molar-refractivity contribution in [3.63, 3.8) is 0 Å². The van der Waals surface area contributed by atoms with E-state index in [2.05, 4.69) is 4.99 Å². The first-order chi connectivity index (χ1) is 13.5. The first kappa shape index (κ1) is 19.9. The SMILES string of the molecule is CCCOc1c(/C=C2/SC(=Nc3ccc(F)cc3)N(C)C2=O)cccc1OC. The summed E-state index contributed by atoms with van der Waals surface area (Å²) in [5.74, 6) is 0.743. The number of likely N-dealkylation sites (N-methyl/N-ethyl adjacent to an activating group) is 1. The summed E-state index contributed by atoms with van der Waals surface area (Å²) in [4.78, 5) is 19.1. The van der Waals surface area contributed by atoms with E-state index in [0.717, 1.165) is 12.0 Å². The maximum Gasteiger partial charge on any atom is 0.266 e. The summed E-state index contributed by atoms with van der Waals surface area (Å²) < 4.78 is 24.3. The zero-order chi connectivity index (χ0) is 20.1. The van der Waals surface area contributed by atoms with Gasteiger partial charge in [0.2, 0.25) is 0 Å². The average molecular weight is 400 g/mol. The van der Waals surface area contributed by atoms with Gasteiger partial charge in [-0.05, 0) is 54.6 Å². The Balaban J connectivity index is 1.93. The summed E-state index contributed by atoms with van der Waals surface area (Å²) in [7, 11) is 3.25. The third kappa shape index (κ3) is 4.36. The van der Waals surface area contributed by atoms with Gasteiger partial charge in [0.05, 0.1) is 24.3 Å². The summed E-state index contributed by atoms with van der Waals surface area (Å²) in [5.41, 5.74) is 1.35. The van der Waals surface area contributed by atoms with Gasteiger partial charge >= 0.3 is 0 Å². The van der Waals surface area contributed by atoms with Gasteiger partial charge in [-0.15, -0.1) is 0 Å². The van der Waals surface area contributed by atoms with Crippen LogP contribution in [0.4, 0.5) is 10.1 Å². The minimum Gasteiger partial charge on any atom is -0.493 e. The molecule has 2 aromatic rings. The summed E-state index contributed by atoms with van der Waals surface area (Å²) in [6, 6.07) is 11.4. The number of para-hydroxylation sites is 1. The second-order valence-electron chi connectivity index (χ2n) is 6.07. The van der Waals surface area contributed by atoms with Crippen molar-refractivity contribution < 1.29 is 18.7 Å². The van der Waals surface area contributed by atoms with Gasteiger partial charge in [0.1, 0.15) is 5.82 Å². The van der Waals surface area contributed by atoms with Crippen molar-refractivity contribution >= 4 is 34.6 Å². The topological polar surface area (TPSA) is 51.1 Å². The molecular weight excluding hydrogens is 379 g/mol. The third-order valence-corrected chi connectivity index (χ3v) is 5.08. The minimum atomic E-state index is -0.328. The maximum absolute atomic E-state index is 13.1. The van der Waals surface area contributed by atoms with Crippen molar-refractivity contribution in [3.05, 3.63) is 58.8 Å². The molecule has 0 aliphatic carbocycles. The Morgan fingerprint density at radius 1 is 1.21 bits per heavy atom. The van der Waals surface area contributed by atoms with Crippen molar-refractivity contribution in [2.75, 3.05) is 20.8 Å². The number of thioether (sulfide) groups is 1. The lowest BCUT2D eigenvalue weighted by Crippen LogP contribution is -2.23. The number of carbonyl (C=O) groups excluding carboxylic acids is 1. The Morgan fingerprint density at radius 2 is 1.96 bits per heavy atom. The van der Waals surface area contributed by atoms with Crippen molar-refractivity contribution in [1.29, 1.82) is 0 Å². The van der Waals surface area contributed by atoms with Crippen molar-refractivity contribution in [3.8, 4) is 11.5 Å². The van der Waals surface area contributed by atoms with Crippen LogP contribution in [0.1, 0.15) is 18.9 Å². The lowest BCUT2D eigenvalue weighted by Gasteiger charge is -2.13. The summed E-state index contributed by atoms with van der Waals surface area (Å²) in [6.07, 6.45) is 2.64. The number of amides is 1. The molecule has 1 fully saturated rings. The van der Waals surface area contributed by atoms with E-state index in [1.54, 1.807) is 32.4 Å². The molecule has 0 atom stereocenters. The van der Waals surface area contributed by atoms with Crippen LogP contribution in [0, 0.1) is 5.82 Å². The van der Waals surface area contributed by atoms with Crippen LogP contribution in [-0.4, -0.2) is 36.7 Å². The van der Waals surface area contributed by atoms with Gasteiger partial charge in [-0.3, -0.25) is 9.69 Å². The minimum absolute atomic E-state index is 0.157. The molecule has 28 heavy (non-hydrogen) atoms. The van der Waals surface area contributed by atoms with Crippen molar-refractivity contribution in [2.24, 2.45) is 4.99 Å². The second kappa shape index (κ2) is 8.93. The second-order valence-corrected chi connectivity index (χ2v) is 7.08. The first-order valence-electron chi connectivity index (χ1n) is 8.85. The van der Waals surface area contributed by atoms with Crippen LogP contribution in [0.5, 0.6) is 11.5 Å². The number of aliphatic imine (C=N–C) groups is 1. The van der Waals surface area contributed by atoms with E-state index in [1.807, 2.05) is 25.1 Å². The number of rotatable bonds is 6. The van der Waals surface area contributed by atoms with Crippen molar-refractivity contribution in [1.82, 2.24) is 4.90 Å². The van der Waals surface area contributed by atoms with Crippen LogP contribution in [0.3, 0.4) is 0 Å². The fraction of sp³-hybridized carbons (Fsp3) is 0.238. The Hall–Kier alpha value is -2.80. The quantitative estimate of drug-likeness (QED) is 0.650. The number of hydrogen-bond donors (Lipinski definition) is 0. The molecule has 2 aromatic carbocycles. The predicted octanol–water partition coefficient (Wildman–Crippen LogP) is 4.86. The first-order valence-corrected chi connectivity index (χ1v) is 9.66. The van der Waals surface area contributed by atoms with Gasteiger partial charge < -0.3 is 9.47 Å². The van der Waals surface area contributed by atoms with E-state index in [1.165, 1.54) is 28.8 Å². The normalized spacial score (nSPS) is 16.9. The predicted molar refractivity (Wildman–Crippen MR) is 111 cm³/mol. The number of methoxy groups -OCH3 is 1. The molecule has 7 heteroatoms. The number of carbonyl (C=O) groups is 1. The molecule has 0 spiro atoms. The Labute approximate surface area is 167 Å². The van der Waals surface area contributed by atoms with E-state index >= 15 is 0 Å².